The number of carbonyl (C=O) groups excluding carboxylic acids is 4. The van der Waals surface area contributed by atoms with Gasteiger partial charge in [0.2, 0.25) is 0 Å². The van der Waals surface area contributed by atoms with Crippen molar-refractivity contribution in [1.82, 2.24) is 25.1 Å². The number of hydrogen-bond donors (Lipinski definition) is 2. The molecule has 2 aliphatic heterocycles. The zero-order chi connectivity index (χ0) is 22.6. The molecule has 0 spiro atoms. The van der Waals surface area contributed by atoms with Crippen LogP contribution in [0.5, 0.6) is 0 Å². The average Bonchev–Trinajstić information content (AvgIpc) is 3.20. The molecule has 10 heteroatoms. The highest BCUT2D eigenvalue weighted by atomic mass is 35.5. The lowest BCUT2D eigenvalue weighted by Crippen LogP contribution is -2.56. The van der Waals surface area contributed by atoms with Gasteiger partial charge in [0.15, 0.2) is 0 Å². The molecule has 5 rings (SSSR count). The van der Waals surface area contributed by atoms with Gasteiger partial charge < -0.3 is 20.1 Å². The molecule has 2 aromatic heterocycles. The second-order valence-electron chi connectivity index (χ2n) is 7.67. The Morgan fingerprint density at radius 3 is 2.66 bits per heavy atom. The minimum atomic E-state index is -0.706. The quantitative estimate of drug-likeness (QED) is 0.455. The number of nitrogens with one attached hydrogen (secondary N) is 2. The maximum atomic E-state index is 13.0. The number of pyridine rings is 1. The molecule has 1 aromatic carbocycles. The summed E-state index contributed by atoms with van der Waals surface area (Å²) in [5.41, 5.74) is 1.83. The molecule has 0 bridgehead atoms. The first-order valence-electron chi connectivity index (χ1n) is 10.0. The number of ketones is 1. The summed E-state index contributed by atoms with van der Waals surface area (Å²) < 4.78 is 0. The van der Waals surface area contributed by atoms with Gasteiger partial charge in [-0.3, -0.25) is 19.2 Å². The van der Waals surface area contributed by atoms with E-state index in [0.29, 0.717) is 23.3 Å². The zero-order valence-electron chi connectivity index (χ0n) is 17.0. The van der Waals surface area contributed by atoms with E-state index in [4.69, 9.17) is 11.6 Å². The molecule has 0 aliphatic carbocycles. The van der Waals surface area contributed by atoms with Crippen LogP contribution in [0.25, 0.3) is 11.0 Å². The van der Waals surface area contributed by atoms with E-state index >= 15 is 0 Å². The number of rotatable bonds is 2. The highest BCUT2D eigenvalue weighted by molar-refractivity contribution is 6.46. The molecule has 1 atom stereocenters. The van der Waals surface area contributed by atoms with Crippen molar-refractivity contribution in [2.75, 3.05) is 26.7 Å². The first-order valence-corrected chi connectivity index (χ1v) is 10.4. The van der Waals surface area contributed by atoms with Gasteiger partial charge in [0, 0.05) is 32.2 Å². The Balaban J connectivity index is 1.62. The lowest BCUT2D eigenvalue weighted by molar-refractivity contribution is -0.131. The van der Waals surface area contributed by atoms with Crippen molar-refractivity contribution in [3.63, 3.8) is 0 Å². The molecule has 0 saturated carbocycles. The highest BCUT2D eigenvalue weighted by Crippen LogP contribution is 2.38. The van der Waals surface area contributed by atoms with Gasteiger partial charge in [-0.1, -0.05) is 29.8 Å². The van der Waals surface area contributed by atoms with Gasteiger partial charge in [0.1, 0.15) is 10.7 Å². The number of piperazine rings is 1. The number of Topliss-reactive ketones (excluding diaryl/α,β-unsaturated/α-hetero) is 1. The van der Waals surface area contributed by atoms with E-state index in [9.17, 15) is 19.2 Å². The van der Waals surface area contributed by atoms with Crippen molar-refractivity contribution in [3.05, 3.63) is 63.9 Å². The first kappa shape index (κ1) is 20.2. The largest absolute Gasteiger partial charge is 0.355 e. The summed E-state index contributed by atoms with van der Waals surface area (Å²) in [7, 11) is 1.48. The van der Waals surface area contributed by atoms with Gasteiger partial charge in [-0.15, -0.1) is 0 Å². The SMILES string of the molecule is CNC(=O)c1cc(Cl)nc2c3c([nH]c12)[C@@H]1CN(C(=O)c2ccccc2)CCN1C(=O)C3=O. The molecule has 2 N–H and O–H groups in total. The van der Waals surface area contributed by atoms with E-state index < -0.39 is 23.6 Å². The van der Waals surface area contributed by atoms with Crippen molar-refractivity contribution < 1.29 is 19.2 Å². The molecule has 0 unspecified atom stereocenters. The van der Waals surface area contributed by atoms with Gasteiger partial charge in [-0.05, 0) is 18.2 Å². The van der Waals surface area contributed by atoms with Crippen LogP contribution in [-0.4, -0.2) is 70.0 Å². The van der Waals surface area contributed by atoms with Crippen LogP contribution < -0.4 is 5.32 Å². The third kappa shape index (κ3) is 2.96. The fraction of sp³-hybridized carbons (Fsp3) is 0.227. The number of halogens is 1. The lowest BCUT2D eigenvalue weighted by atomic mass is 9.94. The van der Waals surface area contributed by atoms with Crippen LogP contribution in [0.15, 0.2) is 36.4 Å². The van der Waals surface area contributed by atoms with Crippen LogP contribution in [0.2, 0.25) is 5.15 Å². The van der Waals surface area contributed by atoms with Gasteiger partial charge >= 0.3 is 0 Å². The number of aromatic amines is 1. The van der Waals surface area contributed by atoms with Crippen LogP contribution in [0.1, 0.15) is 42.8 Å². The predicted octanol–water partition coefficient (Wildman–Crippen LogP) is 1.80. The minimum Gasteiger partial charge on any atom is -0.355 e. The second-order valence-corrected chi connectivity index (χ2v) is 8.06. The van der Waals surface area contributed by atoms with Gasteiger partial charge in [0.25, 0.3) is 23.5 Å². The fourth-order valence-corrected chi connectivity index (χ4v) is 4.59. The molecule has 2 aliphatic rings. The van der Waals surface area contributed by atoms with Crippen molar-refractivity contribution in [1.29, 1.82) is 0 Å². The van der Waals surface area contributed by atoms with E-state index in [1.54, 1.807) is 29.2 Å². The lowest BCUT2D eigenvalue weighted by Gasteiger charge is -2.43. The topological polar surface area (TPSA) is 115 Å². The smallest absolute Gasteiger partial charge is 0.295 e. The van der Waals surface area contributed by atoms with Gasteiger partial charge in [-0.25, -0.2) is 4.98 Å². The molecular formula is C22H18ClN5O4. The normalized spacial score (nSPS) is 17.9. The van der Waals surface area contributed by atoms with Crippen LogP contribution in [0, 0.1) is 0 Å². The van der Waals surface area contributed by atoms with Gasteiger partial charge in [0.05, 0.1) is 28.4 Å². The third-order valence-electron chi connectivity index (χ3n) is 5.93. The van der Waals surface area contributed by atoms with Crippen LogP contribution in [-0.2, 0) is 4.79 Å². The Hall–Kier alpha value is -3.72. The number of carbonyl (C=O) groups is 4. The van der Waals surface area contributed by atoms with Crippen molar-refractivity contribution in [2.45, 2.75) is 6.04 Å². The second kappa shape index (κ2) is 7.45. The van der Waals surface area contributed by atoms with Crippen molar-refractivity contribution in [3.8, 4) is 0 Å². The molecule has 162 valence electrons. The maximum absolute atomic E-state index is 13.0. The Bertz CT molecular complexity index is 1300. The average molecular weight is 452 g/mol. The number of hydrogen-bond acceptors (Lipinski definition) is 5. The summed E-state index contributed by atoms with van der Waals surface area (Å²) in [6, 6.07) is 9.72. The molecule has 3 aromatic rings. The zero-order valence-corrected chi connectivity index (χ0v) is 17.8. The number of benzene rings is 1. The van der Waals surface area contributed by atoms with E-state index in [1.165, 1.54) is 18.0 Å². The number of nitrogens with zero attached hydrogens (tertiary/aromatic N) is 3. The number of H-pyrrole nitrogens is 1. The third-order valence-corrected chi connectivity index (χ3v) is 6.12. The Morgan fingerprint density at radius 2 is 1.94 bits per heavy atom. The highest BCUT2D eigenvalue weighted by Gasteiger charge is 2.45. The standard InChI is InChI=1S/C22H18ClN5O4/c1-24-20(30)12-9-14(23)25-18-15-17(26-16(12)18)13-10-27(7-8-28(13)22(32)19(15)29)21(31)11-5-3-2-4-6-11/h2-6,9,13,26H,7-8,10H2,1H3,(H,24,30)/t13-/m0/s1. The molecular weight excluding hydrogens is 434 g/mol. The first-order chi connectivity index (χ1) is 15.4. The van der Waals surface area contributed by atoms with E-state index in [1.807, 2.05) is 6.07 Å². The molecule has 32 heavy (non-hydrogen) atoms. The maximum Gasteiger partial charge on any atom is 0.295 e. The summed E-state index contributed by atoms with van der Waals surface area (Å²) >= 11 is 6.11. The monoisotopic (exact) mass is 451 g/mol. The number of aromatic nitrogens is 2. The summed E-state index contributed by atoms with van der Waals surface area (Å²) in [5.74, 6) is -1.92. The Labute approximate surface area is 187 Å². The van der Waals surface area contributed by atoms with Crippen LogP contribution in [0.3, 0.4) is 0 Å². The molecule has 1 fully saturated rings. The minimum absolute atomic E-state index is 0.0325. The molecule has 3 amide bonds. The summed E-state index contributed by atoms with van der Waals surface area (Å²) in [6.45, 7) is 0.737. The molecule has 4 heterocycles. The molecule has 0 radical (unpaired) electrons. The fourth-order valence-electron chi connectivity index (χ4n) is 4.40. The van der Waals surface area contributed by atoms with Crippen LogP contribution in [0.4, 0.5) is 0 Å². The van der Waals surface area contributed by atoms with Crippen molar-refractivity contribution >= 4 is 46.1 Å². The van der Waals surface area contributed by atoms with Gasteiger partial charge in [-0.2, -0.15) is 0 Å². The van der Waals surface area contributed by atoms with Crippen molar-refractivity contribution in [2.24, 2.45) is 0 Å². The van der Waals surface area contributed by atoms with E-state index in [-0.39, 0.29) is 40.8 Å². The molecule has 9 nitrogen and oxygen atoms in total. The number of amides is 3. The predicted molar refractivity (Wildman–Crippen MR) is 116 cm³/mol. The Kier molecular flexibility index (Phi) is 4.70. The van der Waals surface area contributed by atoms with E-state index in [0.717, 1.165) is 0 Å². The van der Waals surface area contributed by atoms with Crippen LogP contribution >= 0.6 is 11.6 Å². The number of fused-ring (bicyclic) bond motifs is 5. The summed E-state index contributed by atoms with van der Waals surface area (Å²) in [4.78, 5) is 61.7. The summed E-state index contributed by atoms with van der Waals surface area (Å²) in [6.07, 6.45) is 0. The Morgan fingerprint density at radius 1 is 1.19 bits per heavy atom. The molecule has 1 saturated heterocycles. The van der Waals surface area contributed by atoms with E-state index in [2.05, 4.69) is 15.3 Å². The summed E-state index contributed by atoms with van der Waals surface area (Å²) in [5, 5.41) is 2.57.